The van der Waals surface area contributed by atoms with Gasteiger partial charge < -0.3 is 5.32 Å². The molecule has 1 fully saturated rings. The molecule has 0 aliphatic carbocycles. The third kappa shape index (κ3) is 3.22. The Bertz CT molecular complexity index is 895. The molecule has 7 heteroatoms. The van der Waals surface area contributed by atoms with Crippen molar-refractivity contribution in [2.75, 3.05) is 0 Å². The number of rotatable bonds is 3. The predicted octanol–water partition coefficient (Wildman–Crippen LogP) is 1.78. The zero-order valence-corrected chi connectivity index (χ0v) is 14.0. The lowest BCUT2D eigenvalue weighted by molar-refractivity contribution is -0.134. The van der Waals surface area contributed by atoms with E-state index in [0.29, 0.717) is 28.5 Å². The second-order valence-electron chi connectivity index (χ2n) is 6.05. The van der Waals surface area contributed by atoms with Crippen molar-refractivity contribution in [3.05, 3.63) is 40.8 Å². The van der Waals surface area contributed by atoms with Crippen molar-refractivity contribution >= 4 is 28.6 Å². The van der Waals surface area contributed by atoms with Gasteiger partial charge in [-0.2, -0.15) is 0 Å². The number of pyridine rings is 1. The summed E-state index contributed by atoms with van der Waals surface area (Å²) in [6.45, 7) is 3.68. The zero-order valence-electron chi connectivity index (χ0n) is 14.0. The zero-order chi connectivity index (χ0) is 18.1. The number of nitrogens with zero attached hydrogens (tertiary/aromatic N) is 1. The van der Waals surface area contributed by atoms with Crippen LogP contribution in [0.1, 0.15) is 41.4 Å². The van der Waals surface area contributed by atoms with Gasteiger partial charge in [0.2, 0.25) is 11.8 Å². The van der Waals surface area contributed by atoms with Crippen molar-refractivity contribution in [1.82, 2.24) is 15.6 Å². The number of fused-ring (bicyclic) bond motifs is 1. The number of imide groups is 1. The molecule has 6 nitrogen and oxygen atoms in total. The normalized spacial score (nSPS) is 17.5. The first kappa shape index (κ1) is 17.0. The quantitative estimate of drug-likeness (QED) is 0.832. The van der Waals surface area contributed by atoms with Gasteiger partial charge in [0.1, 0.15) is 11.9 Å². The number of hydrogen-bond acceptors (Lipinski definition) is 4. The van der Waals surface area contributed by atoms with Crippen molar-refractivity contribution < 1.29 is 18.8 Å². The lowest BCUT2D eigenvalue weighted by Crippen LogP contribution is -2.52. The number of halogens is 1. The number of carbonyl (C=O) groups excluding carboxylic acids is 3. The van der Waals surface area contributed by atoms with Gasteiger partial charge >= 0.3 is 0 Å². The molecule has 3 amide bonds. The van der Waals surface area contributed by atoms with E-state index in [0.717, 1.165) is 5.69 Å². The van der Waals surface area contributed by atoms with Gasteiger partial charge in [-0.1, -0.05) is 6.92 Å². The predicted molar refractivity (Wildman–Crippen MR) is 89.5 cm³/mol. The van der Waals surface area contributed by atoms with E-state index in [2.05, 4.69) is 15.6 Å². The third-order valence-corrected chi connectivity index (χ3v) is 4.40. The number of amides is 3. The molecule has 1 aromatic carbocycles. The number of aryl methyl sites for hydroxylation is 1. The van der Waals surface area contributed by atoms with Crippen LogP contribution in [0.5, 0.6) is 0 Å². The van der Waals surface area contributed by atoms with Crippen LogP contribution >= 0.6 is 0 Å². The molecular formula is C18H18FN3O3. The van der Waals surface area contributed by atoms with E-state index in [9.17, 15) is 18.8 Å². The SMILES string of the molecule is CCc1nc2ccc(F)cc2c(C(=O)NC2CCC(=O)NC2=O)c1C. The molecule has 0 radical (unpaired) electrons. The maximum Gasteiger partial charge on any atom is 0.252 e. The van der Waals surface area contributed by atoms with E-state index in [1.807, 2.05) is 6.92 Å². The first-order chi connectivity index (χ1) is 11.9. The Labute approximate surface area is 143 Å². The van der Waals surface area contributed by atoms with E-state index in [4.69, 9.17) is 0 Å². The first-order valence-electron chi connectivity index (χ1n) is 8.14. The second kappa shape index (κ2) is 6.58. The van der Waals surface area contributed by atoms with Crippen LogP contribution in [-0.2, 0) is 16.0 Å². The monoisotopic (exact) mass is 343 g/mol. The molecule has 0 spiro atoms. The summed E-state index contributed by atoms with van der Waals surface area (Å²) in [5.74, 6) is -1.81. The molecule has 2 heterocycles. The van der Waals surface area contributed by atoms with Gasteiger partial charge in [-0.15, -0.1) is 0 Å². The largest absolute Gasteiger partial charge is 0.340 e. The van der Waals surface area contributed by atoms with E-state index in [1.165, 1.54) is 18.2 Å². The number of hydrogen-bond donors (Lipinski definition) is 2. The van der Waals surface area contributed by atoms with Crippen molar-refractivity contribution in [1.29, 1.82) is 0 Å². The molecule has 1 aliphatic rings. The Morgan fingerprint density at radius 2 is 2.16 bits per heavy atom. The molecule has 2 aromatic rings. The van der Waals surface area contributed by atoms with Crippen LogP contribution in [0.25, 0.3) is 10.9 Å². The summed E-state index contributed by atoms with van der Waals surface area (Å²) in [6, 6.07) is 3.32. The lowest BCUT2D eigenvalue weighted by atomic mass is 9.98. The summed E-state index contributed by atoms with van der Waals surface area (Å²) in [4.78, 5) is 40.4. The van der Waals surface area contributed by atoms with Gasteiger partial charge in [0.25, 0.3) is 5.91 Å². The Morgan fingerprint density at radius 3 is 2.84 bits per heavy atom. The van der Waals surface area contributed by atoms with Crippen LogP contribution in [0.15, 0.2) is 18.2 Å². The first-order valence-corrected chi connectivity index (χ1v) is 8.14. The summed E-state index contributed by atoms with van der Waals surface area (Å²) < 4.78 is 13.7. The molecule has 2 N–H and O–H groups in total. The number of carbonyl (C=O) groups is 3. The Kier molecular flexibility index (Phi) is 4.48. The fourth-order valence-corrected chi connectivity index (χ4v) is 3.08. The van der Waals surface area contributed by atoms with Crippen LogP contribution in [0.2, 0.25) is 0 Å². The number of aromatic nitrogens is 1. The molecule has 25 heavy (non-hydrogen) atoms. The summed E-state index contributed by atoms with van der Waals surface area (Å²) in [5, 5.41) is 5.26. The third-order valence-electron chi connectivity index (χ3n) is 4.40. The van der Waals surface area contributed by atoms with Crippen LogP contribution in [0, 0.1) is 12.7 Å². The van der Waals surface area contributed by atoms with Gasteiger partial charge in [-0.3, -0.25) is 24.7 Å². The summed E-state index contributed by atoms with van der Waals surface area (Å²) in [6.07, 6.45) is 1.03. The maximum absolute atomic E-state index is 13.7. The fraction of sp³-hybridized carbons (Fsp3) is 0.333. The van der Waals surface area contributed by atoms with Gasteiger partial charge in [0.05, 0.1) is 11.1 Å². The van der Waals surface area contributed by atoms with Crippen LogP contribution < -0.4 is 10.6 Å². The van der Waals surface area contributed by atoms with Crippen molar-refractivity contribution in [2.24, 2.45) is 0 Å². The minimum absolute atomic E-state index is 0.168. The average molecular weight is 343 g/mol. The Balaban J connectivity index is 2.02. The number of nitrogens with one attached hydrogen (secondary N) is 2. The average Bonchev–Trinajstić information content (AvgIpc) is 2.56. The van der Waals surface area contributed by atoms with E-state index < -0.39 is 23.7 Å². The van der Waals surface area contributed by atoms with Crippen molar-refractivity contribution in [3.8, 4) is 0 Å². The molecule has 130 valence electrons. The van der Waals surface area contributed by atoms with E-state index in [1.54, 1.807) is 6.92 Å². The topological polar surface area (TPSA) is 88.2 Å². The van der Waals surface area contributed by atoms with E-state index in [-0.39, 0.29) is 18.7 Å². The standard InChI is InChI=1S/C18H18FN3O3/c1-3-12-9(2)16(11-8-10(19)4-5-13(11)20-12)18(25)21-14-6-7-15(23)22-17(14)24/h4-5,8,14H,3,6-7H2,1-2H3,(H,21,25)(H,22,23,24). The number of benzene rings is 1. The molecular weight excluding hydrogens is 325 g/mol. The molecule has 1 aromatic heterocycles. The lowest BCUT2D eigenvalue weighted by Gasteiger charge is -2.23. The molecule has 1 atom stereocenters. The Hall–Kier alpha value is -2.83. The molecule has 0 bridgehead atoms. The summed E-state index contributed by atoms with van der Waals surface area (Å²) in [5.41, 5.74) is 2.24. The summed E-state index contributed by atoms with van der Waals surface area (Å²) >= 11 is 0. The Morgan fingerprint density at radius 1 is 1.40 bits per heavy atom. The fourth-order valence-electron chi connectivity index (χ4n) is 3.08. The maximum atomic E-state index is 13.7. The molecule has 3 rings (SSSR count). The highest BCUT2D eigenvalue weighted by Crippen LogP contribution is 2.25. The van der Waals surface area contributed by atoms with Gasteiger partial charge in [0, 0.05) is 17.5 Å². The minimum atomic E-state index is -0.786. The highest BCUT2D eigenvalue weighted by molar-refractivity contribution is 6.10. The van der Waals surface area contributed by atoms with E-state index >= 15 is 0 Å². The second-order valence-corrected chi connectivity index (χ2v) is 6.05. The molecule has 1 saturated heterocycles. The smallest absolute Gasteiger partial charge is 0.252 e. The van der Waals surface area contributed by atoms with Crippen molar-refractivity contribution in [3.63, 3.8) is 0 Å². The summed E-state index contributed by atoms with van der Waals surface area (Å²) in [7, 11) is 0. The molecule has 1 unspecified atom stereocenters. The van der Waals surface area contributed by atoms with Gasteiger partial charge in [-0.25, -0.2) is 4.39 Å². The van der Waals surface area contributed by atoms with Crippen LogP contribution in [-0.4, -0.2) is 28.7 Å². The van der Waals surface area contributed by atoms with Crippen molar-refractivity contribution in [2.45, 2.75) is 39.2 Å². The van der Waals surface area contributed by atoms with Gasteiger partial charge in [-0.05, 0) is 43.5 Å². The molecule has 0 saturated carbocycles. The highest BCUT2D eigenvalue weighted by Gasteiger charge is 2.29. The van der Waals surface area contributed by atoms with Crippen LogP contribution in [0.4, 0.5) is 4.39 Å². The minimum Gasteiger partial charge on any atom is -0.340 e. The van der Waals surface area contributed by atoms with Crippen LogP contribution in [0.3, 0.4) is 0 Å². The number of piperidine rings is 1. The van der Waals surface area contributed by atoms with Gasteiger partial charge in [0.15, 0.2) is 0 Å². The molecule has 1 aliphatic heterocycles. The highest BCUT2D eigenvalue weighted by atomic mass is 19.1.